The average Bonchev–Trinajstić information content (AvgIpc) is 3.30. The molecule has 0 radical (unpaired) electrons. The van der Waals surface area contributed by atoms with Crippen LogP contribution < -0.4 is 10.2 Å². The van der Waals surface area contributed by atoms with Gasteiger partial charge in [0.15, 0.2) is 0 Å². The van der Waals surface area contributed by atoms with Crippen LogP contribution in [0.2, 0.25) is 0 Å². The molecule has 0 spiro atoms. The van der Waals surface area contributed by atoms with E-state index in [1.807, 2.05) is 6.92 Å². The van der Waals surface area contributed by atoms with E-state index in [0.717, 1.165) is 11.1 Å². The Morgan fingerprint density at radius 3 is 2.60 bits per heavy atom. The number of hydrogen-bond acceptors (Lipinski definition) is 5. The summed E-state index contributed by atoms with van der Waals surface area (Å²) in [5, 5.41) is 6.59. The smallest absolute Gasteiger partial charge is 0.352 e. The highest BCUT2D eigenvalue weighted by molar-refractivity contribution is 6.12. The van der Waals surface area contributed by atoms with E-state index in [-0.39, 0.29) is 17.5 Å². The van der Waals surface area contributed by atoms with E-state index in [0.29, 0.717) is 40.2 Å². The van der Waals surface area contributed by atoms with Gasteiger partial charge in [-0.05, 0) is 44.9 Å². The van der Waals surface area contributed by atoms with Crippen LogP contribution in [0.3, 0.4) is 0 Å². The number of anilines is 1. The monoisotopic (exact) mass is 486 g/mol. The van der Waals surface area contributed by atoms with Gasteiger partial charge >= 0.3 is 6.18 Å². The molecule has 1 aliphatic rings. The topological polar surface area (TPSA) is 93.0 Å². The maximum absolute atomic E-state index is 13.4. The standard InChI is InChI=1S/C24H25F3N6O2/c1-5-6-29-21(34)16-8-15(9-28-10-16)18-7-14(2)19-20(31-18)23(3,4)33(22(19)35)17-11-30-32(12-17)13-24(25,26)27/h7-12H,5-6,13H2,1-4H3,(H,29,34). The zero-order valence-corrected chi connectivity index (χ0v) is 19.8. The Morgan fingerprint density at radius 1 is 1.17 bits per heavy atom. The van der Waals surface area contributed by atoms with Crippen molar-refractivity contribution in [2.24, 2.45) is 0 Å². The molecule has 1 aliphatic heterocycles. The number of amides is 2. The zero-order chi connectivity index (χ0) is 25.5. The SMILES string of the molecule is CCCNC(=O)c1cncc(-c2cc(C)c3c(n2)C(C)(C)N(c2cnn(CC(F)(F)F)c2)C3=O)c1. The van der Waals surface area contributed by atoms with Crippen molar-refractivity contribution in [1.82, 2.24) is 25.1 Å². The van der Waals surface area contributed by atoms with Crippen molar-refractivity contribution in [3.63, 3.8) is 0 Å². The van der Waals surface area contributed by atoms with Crippen LogP contribution in [-0.2, 0) is 12.1 Å². The fraction of sp³-hybridized carbons (Fsp3) is 0.375. The molecule has 0 fully saturated rings. The summed E-state index contributed by atoms with van der Waals surface area (Å²) < 4.78 is 39.1. The number of carbonyl (C=O) groups excluding carboxylic acids is 2. The molecule has 0 aliphatic carbocycles. The summed E-state index contributed by atoms with van der Waals surface area (Å²) in [6.07, 6.45) is 1.89. The van der Waals surface area contributed by atoms with E-state index in [2.05, 4.69) is 15.4 Å². The van der Waals surface area contributed by atoms with Crippen molar-refractivity contribution in [3.8, 4) is 11.3 Å². The number of alkyl halides is 3. The van der Waals surface area contributed by atoms with Gasteiger partial charge < -0.3 is 5.32 Å². The lowest BCUT2D eigenvalue weighted by atomic mass is 9.96. The molecule has 11 heteroatoms. The Morgan fingerprint density at radius 2 is 1.91 bits per heavy atom. The van der Waals surface area contributed by atoms with Crippen molar-refractivity contribution in [2.75, 3.05) is 11.4 Å². The Hall–Kier alpha value is -3.76. The summed E-state index contributed by atoms with van der Waals surface area (Å²) in [4.78, 5) is 36.1. The van der Waals surface area contributed by atoms with Crippen molar-refractivity contribution >= 4 is 17.5 Å². The third kappa shape index (κ3) is 4.62. The Kier molecular flexibility index (Phi) is 6.12. The largest absolute Gasteiger partial charge is 0.408 e. The molecule has 184 valence electrons. The predicted molar refractivity (Wildman–Crippen MR) is 123 cm³/mol. The van der Waals surface area contributed by atoms with Gasteiger partial charge in [-0.1, -0.05) is 6.92 Å². The minimum atomic E-state index is -4.43. The molecule has 0 aromatic carbocycles. The first kappa shape index (κ1) is 24.4. The number of pyridine rings is 2. The van der Waals surface area contributed by atoms with Crippen LogP contribution in [0.15, 0.2) is 36.9 Å². The van der Waals surface area contributed by atoms with Crippen LogP contribution in [-0.4, -0.2) is 44.3 Å². The van der Waals surface area contributed by atoms with Gasteiger partial charge in [0.05, 0.1) is 39.9 Å². The Labute approximate surface area is 200 Å². The lowest BCUT2D eigenvalue weighted by Gasteiger charge is -2.30. The summed E-state index contributed by atoms with van der Waals surface area (Å²) in [5.74, 6) is -0.601. The fourth-order valence-electron chi connectivity index (χ4n) is 4.23. The van der Waals surface area contributed by atoms with Gasteiger partial charge in [0.25, 0.3) is 11.8 Å². The van der Waals surface area contributed by atoms with E-state index in [1.165, 1.54) is 23.5 Å². The molecule has 4 rings (SSSR count). The molecule has 3 aromatic rings. The van der Waals surface area contributed by atoms with Crippen LogP contribution >= 0.6 is 0 Å². The first-order valence-electron chi connectivity index (χ1n) is 11.1. The van der Waals surface area contributed by atoms with Crippen molar-refractivity contribution in [2.45, 2.75) is 52.4 Å². The van der Waals surface area contributed by atoms with Gasteiger partial charge in [0.1, 0.15) is 6.54 Å². The first-order valence-corrected chi connectivity index (χ1v) is 11.1. The van der Waals surface area contributed by atoms with E-state index >= 15 is 0 Å². The molecule has 8 nitrogen and oxygen atoms in total. The van der Waals surface area contributed by atoms with Gasteiger partial charge in [0, 0.05) is 30.7 Å². The summed E-state index contributed by atoms with van der Waals surface area (Å²) in [7, 11) is 0. The summed E-state index contributed by atoms with van der Waals surface area (Å²) in [5.41, 5.74) is 2.38. The number of nitrogens with one attached hydrogen (secondary N) is 1. The van der Waals surface area contributed by atoms with Crippen LogP contribution in [0.1, 0.15) is 59.2 Å². The highest BCUT2D eigenvalue weighted by Gasteiger charge is 2.47. The third-order valence-corrected chi connectivity index (χ3v) is 5.82. The van der Waals surface area contributed by atoms with Crippen LogP contribution in [0.5, 0.6) is 0 Å². The van der Waals surface area contributed by atoms with Gasteiger partial charge in [-0.2, -0.15) is 18.3 Å². The molecule has 2 amide bonds. The summed E-state index contributed by atoms with van der Waals surface area (Å²) in [6.45, 7) is 6.59. The maximum atomic E-state index is 13.4. The van der Waals surface area contributed by atoms with Crippen LogP contribution in [0.4, 0.5) is 18.9 Å². The van der Waals surface area contributed by atoms with Crippen LogP contribution in [0, 0.1) is 6.92 Å². The molecule has 3 aromatic heterocycles. The molecule has 1 N–H and O–H groups in total. The van der Waals surface area contributed by atoms with Crippen molar-refractivity contribution in [3.05, 3.63) is 59.3 Å². The highest BCUT2D eigenvalue weighted by atomic mass is 19.4. The number of aromatic nitrogens is 4. The maximum Gasteiger partial charge on any atom is 0.408 e. The van der Waals surface area contributed by atoms with Crippen LogP contribution in [0.25, 0.3) is 11.3 Å². The molecule has 0 unspecified atom stereocenters. The van der Waals surface area contributed by atoms with Crippen molar-refractivity contribution in [1.29, 1.82) is 0 Å². The molecule has 4 heterocycles. The van der Waals surface area contributed by atoms with E-state index in [9.17, 15) is 22.8 Å². The molecular weight excluding hydrogens is 461 g/mol. The highest BCUT2D eigenvalue weighted by Crippen LogP contribution is 2.43. The lowest BCUT2D eigenvalue weighted by Crippen LogP contribution is -2.39. The summed E-state index contributed by atoms with van der Waals surface area (Å²) in [6, 6.07) is 3.43. The lowest BCUT2D eigenvalue weighted by molar-refractivity contribution is -0.142. The molecule has 0 saturated heterocycles. The van der Waals surface area contributed by atoms with Gasteiger partial charge in [-0.15, -0.1) is 0 Å². The van der Waals surface area contributed by atoms with Gasteiger partial charge in [-0.25, -0.2) is 4.98 Å². The Bertz CT molecular complexity index is 1300. The second kappa shape index (κ2) is 8.79. The van der Waals surface area contributed by atoms with Gasteiger partial charge in [0.2, 0.25) is 0 Å². The normalized spacial score (nSPS) is 14.8. The fourth-order valence-corrected chi connectivity index (χ4v) is 4.23. The number of halogens is 3. The Balaban J connectivity index is 1.71. The molecule has 35 heavy (non-hydrogen) atoms. The van der Waals surface area contributed by atoms with Crippen molar-refractivity contribution < 1.29 is 22.8 Å². The van der Waals surface area contributed by atoms with Gasteiger partial charge in [-0.3, -0.25) is 24.2 Å². The second-order valence-electron chi connectivity index (χ2n) is 8.98. The van der Waals surface area contributed by atoms with E-state index < -0.39 is 18.3 Å². The number of aryl methyl sites for hydroxylation is 1. The second-order valence-corrected chi connectivity index (χ2v) is 8.98. The molecule has 0 bridgehead atoms. The zero-order valence-electron chi connectivity index (χ0n) is 19.8. The molecular formula is C24H25F3N6O2. The average molecular weight is 486 g/mol. The number of nitrogens with zero attached hydrogens (tertiary/aromatic N) is 5. The number of rotatable bonds is 6. The number of fused-ring (bicyclic) bond motifs is 1. The predicted octanol–water partition coefficient (Wildman–Crippen LogP) is 4.25. The number of carbonyl (C=O) groups is 2. The quantitative estimate of drug-likeness (QED) is 0.563. The molecule has 0 saturated carbocycles. The first-order chi connectivity index (χ1) is 16.4. The van der Waals surface area contributed by atoms with E-state index in [1.54, 1.807) is 39.1 Å². The molecule has 0 atom stereocenters. The minimum absolute atomic E-state index is 0.239. The minimum Gasteiger partial charge on any atom is -0.352 e. The number of hydrogen-bond donors (Lipinski definition) is 1. The van der Waals surface area contributed by atoms with E-state index in [4.69, 9.17) is 4.98 Å². The third-order valence-electron chi connectivity index (χ3n) is 5.82. The summed E-state index contributed by atoms with van der Waals surface area (Å²) >= 11 is 0.